The predicted molar refractivity (Wildman–Crippen MR) is 74.3 cm³/mol. The number of carboxylic acid groups (broad SMARTS) is 1. The highest BCUT2D eigenvalue weighted by Crippen LogP contribution is 2.49. The van der Waals surface area contributed by atoms with Gasteiger partial charge in [-0.25, -0.2) is 0 Å². The Morgan fingerprint density at radius 1 is 1.25 bits per heavy atom. The van der Waals surface area contributed by atoms with E-state index in [0.717, 1.165) is 6.42 Å². The maximum Gasteiger partial charge on any atom is 0.319 e. The third kappa shape index (κ3) is 1.99. The van der Waals surface area contributed by atoms with Crippen molar-refractivity contribution in [3.05, 3.63) is 35.9 Å². The molecule has 0 radical (unpaired) electrons. The molecule has 0 aromatic heterocycles. The van der Waals surface area contributed by atoms with Gasteiger partial charge in [0.15, 0.2) is 0 Å². The lowest BCUT2D eigenvalue weighted by Crippen LogP contribution is -2.42. The Kier molecular flexibility index (Phi) is 3.04. The minimum absolute atomic E-state index is 0.115. The molecule has 2 fully saturated rings. The second-order valence-electron chi connectivity index (χ2n) is 6.04. The summed E-state index contributed by atoms with van der Waals surface area (Å²) >= 11 is 0. The monoisotopic (exact) mass is 273 g/mol. The second-order valence-corrected chi connectivity index (χ2v) is 6.04. The number of carbonyl (C=O) groups is 2. The van der Waals surface area contributed by atoms with Crippen molar-refractivity contribution in [3.8, 4) is 0 Å². The van der Waals surface area contributed by atoms with Gasteiger partial charge in [0.1, 0.15) is 5.41 Å². The number of likely N-dealkylation sites (tertiary alicyclic amines) is 1. The third-order valence-electron chi connectivity index (χ3n) is 4.68. The predicted octanol–water partition coefficient (Wildman–Crippen LogP) is 2.26. The normalized spacial score (nSPS) is 27.4. The highest BCUT2D eigenvalue weighted by atomic mass is 16.4. The standard InChI is InChI=1S/C16H19NO3/c1-11-9-13(12-5-3-2-4-6-12)10-17(11)14(18)16(7-8-16)15(19)20/h2-6,11,13H,7-10H2,1H3,(H,19,20). The molecular formula is C16H19NO3. The van der Waals surface area contributed by atoms with Crippen LogP contribution in [0.5, 0.6) is 0 Å². The van der Waals surface area contributed by atoms with Gasteiger partial charge in [-0.15, -0.1) is 0 Å². The summed E-state index contributed by atoms with van der Waals surface area (Å²) < 4.78 is 0. The molecule has 4 nitrogen and oxygen atoms in total. The Hall–Kier alpha value is -1.84. The molecule has 1 N–H and O–H groups in total. The van der Waals surface area contributed by atoms with Gasteiger partial charge in [0.05, 0.1) is 0 Å². The zero-order chi connectivity index (χ0) is 14.3. The lowest BCUT2D eigenvalue weighted by Gasteiger charge is -2.24. The van der Waals surface area contributed by atoms with Crippen LogP contribution < -0.4 is 0 Å². The van der Waals surface area contributed by atoms with E-state index in [-0.39, 0.29) is 11.9 Å². The first-order valence-corrected chi connectivity index (χ1v) is 7.14. The van der Waals surface area contributed by atoms with Crippen molar-refractivity contribution in [2.75, 3.05) is 6.54 Å². The average Bonchev–Trinajstić information content (AvgIpc) is 3.17. The minimum Gasteiger partial charge on any atom is -0.480 e. The molecule has 2 aliphatic rings. The van der Waals surface area contributed by atoms with Crippen molar-refractivity contribution in [2.45, 2.75) is 38.1 Å². The van der Waals surface area contributed by atoms with Crippen molar-refractivity contribution in [2.24, 2.45) is 5.41 Å². The van der Waals surface area contributed by atoms with Gasteiger partial charge >= 0.3 is 5.97 Å². The van der Waals surface area contributed by atoms with Gasteiger partial charge in [-0.3, -0.25) is 9.59 Å². The van der Waals surface area contributed by atoms with E-state index >= 15 is 0 Å². The topological polar surface area (TPSA) is 57.6 Å². The number of benzene rings is 1. The van der Waals surface area contributed by atoms with Crippen LogP contribution in [-0.2, 0) is 9.59 Å². The van der Waals surface area contributed by atoms with E-state index in [1.54, 1.807) is 4.90 Å². The SMILES string of the molecule is CC1CC(c2ccccc2)CN1C(=O)C1(C(=O)O)CC1. The van der Waals surface area contributed by atoms with Gasteiger partial charge in [0.25, 0.3) is 0 Å². The Morgan fingerprint density at radius 3 is 2.45 bits per heavy atom. The molecule has 1 aliphatic heterocycles. The van der Waals surface area contributed by atoms with Gasteiger partial charge in [0.2, 0.25) is 5.91 Å². The molecule has 1 aromatic carbocycles. The zero-order valence-corrected chi connectivity index (χ0v) is 11.6. The second kappa shape index (κ2) is 4.62. The Labute approximate surface area is 118 Å². The van der Waals surface area contributed by atoms with E-state index < -0.39 is 11.4 Å². The van der Waals surface area contributed by atoms with Crippen molar-refractivity contribution in [1.29, 1.82) is 0 Å². The molecule has 1 heterocycles. The number of hydrogen-bond acceptors (Lipinski definition) is 2. The molecule has 1 saturated carbocycles. The lowest BCUT2D eigenvalue weighted by molar-refractivity contribution is -0.153. The number of hydrogen-bond donors (Lipinski definition) is 1. The summed E-state index contributed by atoms with van der Waals surface area (Å²) in [6.45, 7) is 2.65. The van der Waals surface area contributed by atoms with Crippen LogP contribution in [0.4, 0.5) is 0 Å². The molecule has 1 aliphatic carbocycles. The van der Waals surface area contributed by atoms with Gasteiger partial charge in [-0.05, 0) is 31.7 Å². The number of aliphatic carboxylic acids is 1. The fraction of sp³-hybridized carbons (Fsp3) is 0.500. The summed E-state index contributed by atoms with van der Waals surface area (Å²) in [5, 5.41) is 9.26. The van der Waals surface area contributed by atoms with E-state index in [1.165, 1.54) is 5.56 Å². The quantitative estimate of drug-likeness (QED) is 0.859. The van der Waals surface area contributed by atoms with Gasteiger partial charge in [-0.2, -0.15) is 0 Å². The lowest BCUT2D eigenvalue weighted by atomic mass is 9.97. The molecule has 1 aromatic rings. The van der Waals surface area contributed by atoms with Crippen LogP contribution in [0.1, 0.15) is 37.7 Å². The van der Waals surface area contributed by atoms with E-state index in [9.17, 15) is 14.7 Å². The summed E-state index contributed by atoms with van der Waals surface area (Å²) in [4.78, 5) is 25.6. The highest BCUT2D eigenvalue weighted by molar-refractivity contribution is 6.05. The summed E-state index contributed by atoms with van der Waals surface area (Å²) in [7, 11) is 0. The van der Waals surface area contributed by atoms with Crippen LogP contribution in [0.2, 0.25) is 0 Å². The first-order chi connectivity index (χ1) is 9.54. The fourth-order valence-corrected chi connectivity index (χ4v) is 3.20. The number of rotatable bonds is 3. The van der Waals surface area contributed by atoms with Crippen molar-refractivity contribution in [1.82, 2.24) is 4.90 Å². The van der Waals surface area contributed by atoms with Crippen molar-refractivity contribution in [3.63, 3.8) is 0 Å². The van der Waals surface area contributed by atoms with Gasteiger partial charge in [-0.1, -0.05) is 30.3 Å². The molecule has 3 rings (SSSR count). The van der Waals surface area contributed by atoms with Crippen LogP contribution >= 0.6 is 0 Å². The Bertz CT molecular complexity index is 536. The number of carbonyl (C=O) groups excluding carboxylic acids is 1. The molecule has 106 valence electrons. The van der Waals surface area contributed by atoms with E-state index in [0.29, 0.717) is 25.3 Å². The molecular weight excluding hydrogens is 254 g/mol. The van der Waals surface area contributed by atoms with Crippen molar-refractivity contribution >= 4 is 11.9 Å². The maximum absolute atomic E-state index is 12.5. The average molecular weight is 273 g/mol. The van der Waals surface area contributed by atoms with E-state index in [1.807, 2.05) is 25.1 Å². The molecule has 1 amide bonds. The van der Waals surface area contributed by atoms with Crippen LogP contribution in [-0.4, -0.2) is 34.5 Å². The summed E-state index contributed by atoms with van der Waals surface area (Å²) in [6.07, 6.45) is 1.88. The molecule has 2 atom stereocenters. The minimum atomic E-state index is -1.11. The largest absolute Gasteiger partial charge is 0.480 e. The van der Waals surface area contributed by atoms with Gasteiger partial charge < -0.3 is 10.0 Å². The fourth-order valence-electron chi connectivity index (χ4n) is 3.20. The van der Waals surface area contributed by atoms with E-state index in [2.05, 4.69) is 12.1 Å². The first-order valence-electron chi connectivity index (χ1n) is 7.14. The Balaban J connectivity index is 1.77. The summed E-state index contributed by atoms with van der Waals surface area (Å²) in [5.41, 5.74) is 0.120. The molecule has 1 saturated heterocycles. The summed E-state index contributed by atoms with van der Waals surface area (Å²) in [5.74, 6) is -0.825. The van der Waals surface area contributed by atoms with Crippen LogP contribution in [0, 0.1) is 5.41 Å². The highest BCUT2D eigenvalue weighted by Gasteiger charge is 2.59. The molecule has 2 unspecified atom stereocenters. The Morgan fingerprint density at radius 2 is 1.90 bits per heavy atom. The molecule has 4 heteroatoms. The van der Waals surface area contributed by atoms with E-state index in [4.69, 9.17) is 0 Å². The number of amides is 1. The van der Waals surface area contributed by atoms with Gasteiger partial charge in [0, 0.05) is 18.5 Å². The smallest absolute Gasteiger partial charge is 0.319 e. The number of nitrogens with zero attached hydrogens (tertiary/aromatic N) is 1. The first kappa shape index (κ1) is 13.2. The summed E-state index contributed by atoms with van der Waals surface area (Å²) in [6, 6.07) is 10.3. The number of carboxylic acids is 1. The maximum atomic E-state index is 12.5. The van der Waals surface area contributed by atoms with Crippen molar-refractivity contribution < 1.29 is 14.7 Å². The van der Waals surface area contributed by atoms with Crippen LogP contribution in [0.25, 0.3) is 0 Å². The third-order valence-corrected chi connectivity index (χ3v) is 4.68. The molecule has 0 spiro atoms. The zero-order valence-electron chi connectivity index (χ0n) is 11.6. The molecule has 20 heavy (non-hydrogen) atoms. The van der Waals surface area contributed by atoms with Crippen LogP contribution in [0.3, 0.4) is 0 Å². The van der Waals surface area contributed by atoms with Crippen LogP contribution in [0.15, 0.2) is 30.3 Å². The molecule has 0 bridgehead atoms.